The molecule has 0 spiro atoms. The number of thiophene rings is 1. The van der Waals surface area contributed by atoms with E-state index in [1.165, 1.54) is 4.88 Å². The number of nitrogens with one attached hydrogen (secondary N) is 1. The molecule has 1 nitrogen and oxygen atoms in total. The molecule has 0 aliphatic heterocycles. The topological polar surface area (TPSA) is 12.0 Å². The summed E-state index contributed by atoms with van der Waals surface area (Å²) >= 11 is 19.7. The van der Waals surface area contributed by atoms with Crippen LogP contribution in [0.25, 0.3) is 0 Å². The number of hydrogen-bond acceptors (Lipinski definition) is 2. The SMILES string of the molecule is CCCNC(c1ccc(I)c(Cl)c1)c1cc(Br)c(Cl)s1. The zero-order valence-corrected chi connectivity index (χ0v) is 16.8. The molecular formula is C14H13BrCl2INS. The fourth-order valence-electron chi connectivity index (χ4n) is 1.87. The van der Waals surface area contributed by atoms with Gasteiger partial charge in [-0.2, -0.15) is 0 Å². The van der Waals surface area contributed by atoms with Crippen molar-refractivity contribution in [2.24, 2.45) is 0 Å². The molecule has 0 bridgehead atoms. The summed E-state index contributed by atoms with van der Waals surface area (Å²) in [6.07, 6.45) is 1.08. The zero-order chi connectivity index (χ0) is 14.7. The van der Waals surface area contributed by atoms with Crippen LogP contribution in [0.5, 0.6) is 0 Å². The van der Waals surface area contributed by atoms with Gasteiger partial charge < -0.3 is 5.32 Å². The maximum atomic E-state index is 6.25. The van der Waals surface area contributed by atoms with E-state index in [4.69, 9.17) is 23.2 Å². The van der Waals surface area contributed by atoms with Crippen molar-refractivity contribution in [3.8, 4) is 0 Å². The van der Waals surface area contributed by atoms with Gasteiger partial charge in [0.05, 0.1) is 11.1 Å². The lowest BCUT2D eigenvalue weighted by Gasteiger charge is -2.18. The fourth-order valence-corrected chi connectivity index (χ4v) is 4.23. The van der Waals surface area contributed by atoms with Crippen LogP contribution < -0.4 is 5.32 Å². The lowest BCUT2D eigenvalue weighted by molar-refractivity contribution is 0.606. The molecule has 0 saturated carbocycles. The van der Waals surface area contributed by atoms with E-state index in [2.05, 4.69) is 62.9 Å². The molecule has 0 amide bonds. The van der Waals surface area contributed by atoms with E-state index in [9.17, 15) is 0 Å². The summed E-state index contributed by atoms with van der Waals surface area (Å²) in [6, 6.07) is 8.38. The van der Waals surface area contributed by atoms with E-state index in [0.717, 1.165) is 35.9 Å². The highest BCUT2D eigenvalue weighted by atomic mass is 127. The van der Waals surface area contributed by atoms with Crippen LogP contribution in [-0.4, -0.2) is 6.54 Å². The van der Waals surface area contributed by atoms with Crippen molar-refractivity contribution >= 4 is 73.1 Å². The third-order valence-electron chi connectivity index (χ3n) is 2.82. The molecule has 1 aromatic heterocycles. The van der Waals surface area contributed by atoms with Gasteiger partial charge in [0.2, 0.25) is 0 Å². The van der Waals surface area contributed by atoms with Crippen LogP contribution in [0.15, 0.2) is 28.7 Å². The summed E-state index contributed by atoms with van der Waals surface area (Å²) in [5.41, 5.74) is 1.16. The van der Waals surface area contributed by atoms with Gasteiger partial charge in [-0.25, -0.2) is 0 Å². The van der Waals surface area contributed by atoms with Gasteiger partial charge >= 0.3 is 0 Å². The number of halogens is 4. The normalized spacial score (nSPS) is 12.7. The predicted octanol–water partition coefficient (Wildman–Crippen LogP) is 6.51. The minimum absolute atomic E-state index is 0.123. The minimum Gasteiger partial charge on any atom is -0.306 e. The fraction of sp³-hybridized carbons (Fsp3) is 0.286. The van der Waals surface area contributed by atoms with Gasteiger partial charge in [0.1, 0.15) is 4.34 Å². The van der Waals surface area contributed by atoms with Gasteiger partial charge in [-0.3, -0.25) is 0 Å². The van der Waals surface area contributed by atoms with E-state index < -0.39 is 0 Å². The standard InChI is InChI=1S/C14H13BrCl2INS/c1-2-5-19-13(12-7-9(15)14(17)20-12)8-3-4-11(18)10(16)6-8/h3-4,6-7,13,19H,2,5H2,1H3. The molecule has 1 heterocycles. The van der Waals surface area contributed by atoms with Gasteiger partial charge in [-0.15, -0.1) is 11.3 Å². The Morgan fingerprint density at radius 2 is 2.10 bits per heavy atom. The first-order valence-electron chi connectivity index (χ1n) is 6.16. The van der Waals surface area contributed by atoms with Crippen LogP contribution in [-0.2, 0) is 0 Å². The maximum absolute atomic E-state index is 6.25. The molecule has 6 heteroatoms. The molecule has 108 valence electrons. The van der Waals surface area contributed by atoms with Crippen molar-refractivity contribution < 1.29 is 0 Å². The molecule has 1 unspecified atom stereocenters. The van der Waals surface area contributed by atoms with Crippen LogP contribution >= 0.6 is 73.1 Å². The van der Waals surface area contributed by atoms with Crippen molar-refractivity contribution in [3.05, 3.63) is 52.1 Å². The molecule has 1 N–H and O–H groups in total. The highest BCUT2D eigenvalue weighted by molar-refractivity contribution is 14.1. The highest BCUT2D eigenvalue weighted by Gasteiger charge is 2.18. The van der Waals surface area contributed by atoms with Gasteiger partial charge in [-0.1, -0.05) is 36.2 Å². The van der Waals surface area contributed by atoms with Gasteiger partial charge in [0.25, 0.3) is 0 Å². The first-order chi connectivity index (χ1) is 9.52. The Bertz CT molecular complexity index is 583. The third-order valence-corrected chi connectivity index (χ3v) is 6.94. The summed E-state index contributed by atoms with van der Waals surface area (Å²) < 4.78 is 2.78. The Morgan fingerprint density at radius 3 is 2.65 bits per heavy atom. The zero-order valence-electron chi connectivity index (χ0n) is 10.7. The smallest absolute Gasteiger partial charge is 0.107 e. The van der Waals surface area contributed by atoms with E-state index in [1.807, 2.05) is 12.1 Å². The first kappa shape index (κ1) is 17.0. The highest BCUT2D eigenvalue weighted by Crippen LogP contribution is 2.38. The second-order valence-corrected chi connectivity index (χ2v) is 8.44. The number of hydrogen-bond donors (Lipinski definition) is 1. The Labute approximate surface area is 155 Å². The Morgan fingerprint density at radius 1 is 1.35 bits per heavy atom. The van der Waals surface area contributed by atoms with E-state index in [-0.39, 0.29) is 6.04 Å². The van der Waals surface area contributed by atoms with Gasteiger partial charge in [0, 0.05) is 12.9 Å². The summed E-state index contributed by atoms with van der Waals surface area (Å²) in [6.45, 7) is 3.10. The average molecular weight is 505 g/mol. The predicted molar refractivity (Wildman–Crippen MR) is 101 cm³/mol. The summed E-state index contributed by atoms with van der Waals surface area (Å²) in [5.74, 6) is 0. The van der Waals surface area contributed by atoms with Crippen molar-refractivity contribution in [1.82, 2.24) is 5.32 Å². The van der Waals surface area contributed by atoms with Crippen LogP contribution in [0.3, 0.4) is 0 Å². The lowest BCUT2D eigenvalue weighted by atomic mass is 10.1. The molecule has 0 aliphatic rings. The van der Waals surface area contributed by atoms with Gasteiger partial charge in [0.15, 0.2) is 0 Å². The molecule has 0 radical (unpaired) electrons. The summed E-state index contributed by atoms with van der Waals surface area (Å²) in [4.78, 5) is 1.19. The molecule has 0 fully saturated rings. The Kier molecular flexibility index (Phi) is 6.63. The molecule has 20 heavy (non-hydrogen) atoms. The molecule has 1 atom stereocenters. The van der Waals surface area contributed by atoms with Crippen LogP contribution in [0, 0.1) is 3.57 Å². The van der Waals surface area contributed by atoms with Crippen LogP contribution in [0.1, 0.15) is 29.8 Å². The van der Waals surface area contributed by atoms with Crippen LogP contribution in [0.4, 0.5) is 0 Å². The van der Waals surface area contributed by atoms with E-state index in [0.29, 0.717) is 0 Å². The maximum Gasteiger partial charge on any atom is 0.107 e. The van der Waals surface area contributed by atoms with E-state index >= 15 is 0 Å². The van der Waals surface area contributed by atoms with Crippen molar-refractivity contribution in [1.29, 1.82) is 0 Å². The van der Waals surface area contributed by atoms with Crippen LogP contribution in [0.2, 0.25) is 9.36 Å². The molecular weight excluding hydrogens is 492 g/mol. The molecule has 2 aromatic rings. The molecule has 2 rings (SSSR count). The van der Waals surface area contributed by atoms with E-state index in [1.54, 1.807) is 11.3 Å². The monoisotopic (exact) mass is 503 g/mol. The lowest BCUT2D eigenvalue weighted by Crippen LogP contribution is -2.22. The minimum atomic E-state index is 0.123. The second kappa shape index (κ2) is 7.79. The Balaban J connectivity index is 2.38. The third kappa shape index (κ3) is 4.11. The second-order valence-electron chi connectivity index (χ2n) is 4.33. The van der Waals surface area contributed by atoms with Gasteiger partial charge in [-0.05, 0) is 75.2 Å². The summed E-state index contributed by atoms with van der Waals surface area (Å²) in [5, 5.41) is 4.34. The largest absolute Gasteiger partial charge is 0.306 e. The molecule has 0 saturated heterocycles. The molecule has 0 aliphatic carbocycles. The summed E-state index contributed by atoms with van der Waals surface area (Å²) in [7, 11) is 0. The van der Waals surface area contributed by atoms with Crippen molar-refractivity contribution in [2.75, 3.05) is 6.54 Å². The Hall–Kier alpha value is 0.670. The van der Waals surface area contributed by atoms with Crippen molar-refractivity contribution in [3.63, 3.8) is 0 Å². The number of benzene rings is 1. The molecule has 1 aromatic carbocycles. The first-order valence-corrected chi connectivity index (χ1v) is 9.60. The average Bonchev–Trinajstić information content (AvgIpc) is 2.74. The van der Waals surface area contributed by atoms with Crippen molar-refractivity contribution in [2.45, 2.75) is 19.4 Å². The quantitative estimate of drug-likeness (QED) is 0.458. The number of rotatable bonds is 5.